The molecule has 0 amide bonds. The highest BCUT2D eigenvalue weighted by atomic mass is 16.5. The predicted octanol–water partition coefficient (Wildman–Crippen LogP) is 2.58. The van der Waals surface area contributed by atoms with E-state index in [0.717, 1.165) is 23.2 Å². The van der Waals surface area contributed by atoms with Crippen LogP contribution in [-0.2, 0) is 11.2 Å². The van der Waals surface area contributed by atoms with Crippen molar-refractivity contribution in [1.29, 1.82) is 0 Å². The second kappa shape index (κ2) is 6.56. The van der Waals surface area contributed by atoms with Crippen LogP contribution in [0.4, 0.5) is 5.69 Å². The van der Waals surface area contributed by atoms with Gasteiger partial charge in [-0.25, -0.2) is 14.8 Å². The fourth-order valence-corrected chi connectivity index (χ4v) is 1.75. The van der Waals surface area contributed by atoms with Gasteiger partial charge < -0.3 is 4.74 Å². The van der Waals surface area contributed by atoms with E-state index < -0.39 is 0 Å². The molecule has 0 saturated heterocycles. The number of benzene rings is 1. The zero-order chi connectivity index (χ0) is 14.4. The Bertz CT molecular complexity index is 624. The monoisotopic (exact) mass is 269 g/mol. The standard InChI is InChI=1S/C15H15N3O2/c1-3-12-4-5-13(15(19)20-2)6-14(12)18-9-11-7-16-10-17-8-11/h4-10H,3H2,1-2H3. The number of carbonyl (C=O) groups is 1. The van der Waals surface area contributed by atoms with Gasteiger partial charge in [0.25, 0.3) is 0 Å². The maximum atomic E-state index is 11.5. The van der Waals surface area contributed by atoms with Gasteiger partial charge in [0, 0.05) is 24.2 Å². The topological polar surface area (TPSA) is 64.4 Å². The highest BCUT2D eigenvalue weighted by Crippen LogP contribution is 2.22. The van der Waals surface area contributed by atoms with Crippen LogP contribution in [0.1, 0.15) is 28.4 Å². The van der Waals surface area contributed by atoms with Gasteiger partial charge in [0.1, 0.15) is 6.33 Å². The van der Waals surface area contributed by atoms with E-state index >= 15 is 0 Å². The Hall–Kier alpha value is -2.56. The van der Waals surface area contributed by atoms with Crippen molar-refractivity contribution >= 4 is 17.9 Å². The molecule has 1 heterocycles. The van der Waals surface area contributed by atoms with Crippen molar-refractivity contribution in [3.8, 4) is 0 Å². The average Bonchev–Trinajstić information content (AvgIpc) is 2.52. The van der Waals surface area contributed by atoms with Crippen molar-refractivity contribution in [1.82, 2.24) is 9.97 Å². The van der Waals surface area contributed by atoms with Crippen molar-refractivity contribution in [2.24, 2.45) is 4.99 Å². The largest absolute Gasteiger partial charge is 0.465 e. The van der Waals surface area contributed by atoms with Gasteiger partial charge in [-0.1, -0.05) is 13.0 Å². The molecule has 20 heavy (non-hydrogen) atoms. The average molecular weight is 269 g/mol. The lowest BCUT2D eigenvalue weighted by atomic mass is 10.1. The Morgan fingerprint density at radius 1 is 1.35 bits per heavy atom. The zero-order valence-electron chi connectivity index (χ0n) is 11.4. The molecular formula is C15H15N3O2. The summed E-state index contributed by atoms with van der Waals surface area (Å²) in [5, 5.41) is 0. The molecule has 0 aliphatic heterocycles. The first-order valence-corrected chi connectivity index (χ1v) is 6.25. The summed E-state index contributed by atoms with van der Waals surface area (Å²) in [7, 11) is 1.36. The van der Waals surface area contributed by atoms with Crippen molar-refractivity contribution in [3.05, 3.63) is 53.6 Å². The minimum atomic E-state index is -0.368. The molecule has 5 heteroatoms. The van der Waals surface area contributed by atoms with E-state index in [1.807, 2.05) is 13.0 Å². The van der Waals surface area contributed by atoms with E-state index in [9.17, 15) is 4.79 Å². The maximum absolute atomic E-state index is 11.5. The van der Waals surface area contributed by atoms with E-state index in [2.05, 4.69) is 15.0 Å². The molecule has 0 saturated carbocycles. The maximum Gasteiger partial charge on any atom is 0.337 e. The summed E-state index contributed by atoms with van der Waals surface area (Å²) in [6.45, 7) is 2.04. The highest BCUT2D eigenvalue weighted by molar-refractivity contribution is 5.91. The Labute approximate surface area is 117 Å². The normalized spacial score (nSPS) is 10.7. The molecule has 1 aromatic heterocycles. The third-order valence-electron chi connectivity index (χ3n) is 2.82. The number of aliphatic imine (C=N–C) groups is 1. The van der Waals surface area contributed by atoms with Gasteiger partial charge in [0.2, 0.25) is 0 Å². The first-order valence-electron chi connectivity index (χ1n) is 6.25. The number of methoxy groups -OCH3 is 1. The second-order valence-electron chi connectivity index (χ2n) is 4.12. The quantitative estimate of drug-likeness (QED) is 0.632. The molecule has 0 spiro atoms. The lowest BCUT2D eigenvalue weighted by molar-refractivity contribution is 0.0601. The van der Waals surface area contributed by atoms with Gasteiger partial charge in [-0.05, 0) is 24.1 Å². The summed E-state index contributed by atoms with van der Waals surface area (Å²) in [4.78, 5) is 23.8. The van der Waals surface area contributed by atoms with E-state index in [4.69, 9.17) is 4.74 Å². The molecule has 0 aliphatic carbocycles. The Morgan fingerprint density at radius 3 is 2.75 bits per heavy atom. The lowest BCUT2D eigenvalue weighted by Crippen LogP contribution is -2.01. The highest BCUT2D eigenvalue weighted by Gasteiger charge is 2.08. The van der Waals surface area contributed by atoms with Crippen LogP contribution in [0.2, 0.25) is 0 Å². The van der Waals surface area contributed by atoms with Crippen LogP contribution < -0.4 is 0 Å². The molecule has 0 fully saturated rings. The van der Waals surface area contributed by atoms with Gasteiger partial charge in [0.05, 0.1) is 18.4 Å². The number of rotatable bonds is 4. The number of nitrogens with zero attached hydrogens (tertiary/aromatic N) is 3. The minimum Gasteiger partial charge on any atom is -0.465 e. The fourth-order valence-electron chi connectivity index (χ4n) is 1.75. The minimum absolute atomic E-state index is 0.368. The van der Waals surface area contributed by atoms with Crippen molar-refractivity contribution in [2.75, 3.05) is 7.11 Å². The van der Waals surface area contributed by atoms with Crippen LogP contribution in [0.3, 0.4) is 0 Å². The fraction of sp³-hybridized carbons (Fsp3) is 0.200. The van der Waals surface area contributed by atoms with Gasteiger partial charge in [-0.3, -0.25) is 4.99 Å². The third kappa shape index (κ3) is 3.26. The molecule has 0 radical (unpaired) electrons. The zero-order valence-corrected chi connectivity index (χ0v) is 11.4. The van der Waals surface area contributed by atoms with Crippen LogP contribution in [0.15, 0.2) is 41.9 Å². The third-order valence-corrected chi connectivity index (χ3v) is 2.82. The number of hydrogen-bond acceptors (Lipinski definition) is 5. The SMILES string of the molecule is CCc1ccc(C(=O)OC)cc1N=Cc1cncnc1. The summed E-state index contributed by atoms with van der Waals surface area (Å²) in [6, 6.07) is 5.36. The van der Waals surface area contributed by atoms with Crippen LogP contribution in [-0.4, -0.2) is 29.3 Å². The van der Waals surface area contributed by atoms with Crippen LogP contribution >= 0.6 is 0 Å². The van der Waals surface area contributed by atoms with Gasteiger partial charge in [0.15, 0.2) is 0 Å². The van der Waals surface area contributed by atoms with E-state index in [1.165, 1.54) is 13.4 Å². The molecule has 102 valence electrons. The summed E-state index contributed by atoms with van der Waals surface area (Å²) in [6.07, 6.45) is 7.32. The van der Waals surface area contributed by atoms with Gasteiger partial charge in [-0.2, -0.15) is 0 Å². The molecule has 0 atom stereocenters. The summed E-state index contributed by atoms with van der Waals surface area (Å²) in [5.41, 5.74) is 3.10. The van der Waals surface area contributed by atoms with Crippen LogP contribution in [0.25, 0.3) is 0 Å². The molecule has 1 aromatic carbocycles. The van der Waals surface area contributed by atoms with Crippen LogP contribution in [0.5, 0.6) is 0 Å². The Morgan fingerprint density at radius 2 is 2.10 bits per heavy atom. The summed E-state index contributed by atoms with van der Waals surface area (Å²) < 4.78 is 4.72. The van der Waals surface area contributed by atoms with E-state index in [1.54, 1.807) is 30.7 Å². The van der Waals surface area contributed by atoms with Crippen LogP contribution in [0, 0.1) is 0 Å². The number of aryl methyl sites for hydroxylation is 1. The molecule has 0 bridgehead atoms. The lowest BCUT2D eigenvalue weighted by Gasteiger charge is -2.05. The molecule has 2 aromatic rings. The number of esters is 1. The number of hydrogen-bond donors (Lipinski definition) is 0. The molecule has 0 unspecified atom stereocenters. The summed E-state index contributed by atoms with van der Waals surface area (Å²) in [5.74, 6) is -0.368. The molecule has 2 rings (SSSR count). The predicted molar refractivity (Wildman–Crippen MR) is 76.4 cm³/mol. The molecule has 0 N–H and O–H groups in total. The first-order chi connectivity index (χ1) is 9.74. The molecular weight excluding hydrogens is 254 g/mol. The molecule has 0 aliphatic rings. The Kier molecular flexibility index (Phi) is 4.55. The number of ether oxygens (including phenoxy) is 1. The number of aromatic nitrogens is 2. The molecule has 5 nitrogen and oxygen atoms in total. The van der Waals surface area contributed by atoms with E-state index in [-0.39, 0.29) is 5.97 Å². The van der Waals surface area contributed by atoms with Crippen molar-refractivity contribution in [3.63, 3.8) is 0 Å². The summed E-state index contributed by atoms with van der Waals surface area (Å²) >= 11 is 0. The Balaban J connectivity index is 2.34. The van der Waals surface area contributed by atoms with E-state index in [0.29, 0.717) is 5.56 Å². The smallest absolute Gasteiger partial charge is 0.337 e. The van der Waals surface area contributed by atoms with Crippen molar-refractivity contribution in [2.45, 2.75) is 13.3 Å². The number of carbonyl (C=O) groups excluding carboxylic acids is 1. The second-order valence-corrected chi connectivity index (χ2v) is 4.12. The first kappa shape index (κ1) is 13.9. The van der Waals surface area contributed by atoms with Crippen molar-refractivity contribution < 1.29 is 9.53 Å². The van der Waals surface area contributed by atoms with Gasteiger partial charge >= 0.3 is 5.97 Å². The van der Waals surface area contributed by atoms with Gasteiger partial charge in [-0.15, -0.1) is 0 Å².